The topological polar surface area (TPSA) is 40.5 Å². The first-order valence-corrected chi connectivity index (χ1v) is 14.1. The lowest BCUT2D eigenvalue weighted by atomic mass is 9.95. The van der Waals surface area contributed by atoms with Crippen molar-refractivity contribution in [2.45, 2.75) is 51.6 Å². The molecule has 5 nitrogen and oxygen atoms in total. The monoisotopic (exact) mass is 510 g/mol. The number of rotatable bonds is 4. The number of nitrogens with zero attached hydrogens (tertiary/aromatic N) is 3. The van der Waals surface area contributed by atoms with Gasteiger partial charge in [-0.3, -0.25) is 0 Å². The number of para-hydroxylation sites is 1. The molecule has 0 spiro atoms. The molecule has 4 aromatic rings. The van der Waals surface area contributed by atoms with Crippen LogP contribution >= 0.6 is 11.3 Å². The van der Waals surface area contributed by atoms with Gasteiger partial charge in [-0.05, 0) is 79.1 Å². The lowest BCUT2D eigenvalue weighted by molar-refractivity contribution is 0.194. The van der Waals surface area contributed by atoms with Crippen molar-refractivity contribution in [3.8, 4) is 5.00 Å². The largest absolute Gasteiger partial charge is 0.378 e. The molecule has 1 atom stereocenters. The molecule has 0 bridgehead atoms. The van der Waals surface area contributed by atoms with Gasteiger partial charge >= 0.3 is 6.03 Å². The van der Waals surface area contributed by atoms with Gasteiger partial charge in [0.2, 0.25) is 0 Å². The molecule has 0 saturated carbocycles. The third-order valence-corrected chi connectivity index (χ3v) is 9.14. The van der Waals surface area contributed by atoms with Crippen molar-refractivity contribution in [2.75, 3.05) is 24.3 Å². The van der Waals surface area contributed by atoms with Crippen LogP contribution in [0.5, 0.6) is 0 Å². The van der Waals surface area contributed by atoms with E-state index in [1.54, 1.807) is 0 Å². The second-order valence-corrected chi connectivity index (χ2v) is 11.3. The van der Waals surface area contributed by atoms with E-state index in [4.69, 9.17) is 0 Å². The third-order valence-electron chi connectivity index (χ3n) is 7.80. The Morgan fingerprint density at radius 3 is 2.57 bits per heavy atom. The molecule has 0 unspecified atom stereocenters. The second-order valence-electron chi connectivity index (χ2n) is 10.3. The molecule has 0 saturated heterocycles. The predicted octanol–water partition coefficient (Wildman–Crippen LogP) is 7.18. The van der Waals surface area contributed by atoms with Crippen LogP contribution in [0.1, 0.15) is 58.6 Å². The number of amides is 2. The number of benzene rings is 2. The summed E-state index contributed by atoms with van der Waals surface area (Å²) in [5.41, 5.74) is 8.24. The minimum atomic E-state index is -0.196. The van der Waals surface area contributed by atoms with Gasteiger partial charge in [0.1, 0.15) is 5.00 Å². The fourth-order valence-corrected chi connectivity index (χ4v) is 7.23. The van der Waals surface area contributed by atoms with Crippen LogP contribution in [0.3, 0.4) is 0 Å². The van der Waals surface area contributed by atoms with Gasteiger partial charge in [0.25, 0.3) is 0 Å². The summed E-state index contributed by atoms with van der Waals surface area (Å²) in [5.74, 6) is 0. The number of anilines is 2. The Morgan fingerprint density at radius 2 is 1.78 bits per heavy atom. The fraction of sp³-hybridized carbons (Fsp3) is 0.323. The van der Waals surface area contributed by atoms with Gasteiger partial charge in [-0.25, -0.2) is 4.79 Å². The highest BCUT2D eigenvalue weighted by molar-refractivity contribution is 7.15. The molecule has 0 radical (unpaired) electrons. The van der Waals surface area contributed by atoms with Gasteiger partial charge in [-0.1, -0.05) is 37.3 Å². The molecular weight excluding hydrogens is 476 g/mol. The van der Waals surface area contributed by atoms with Crippen molar-refractivity contribution >= 4 is 28.7 Å². The smallest absolute Gasteiger partial charge is 0.322 e. The number of fused-ring (bicyclic) bond motifs is 5. The molecule has 2 aliphatic rings. The molecule has 6 rings (SSSR count). The van der Waals surface area contributed by atoms with Crippen molar-refractivity contribution in [1.82, 2.24) is 9.47 Å². The van der Waals surface area contributed by atoms with E-state index >= 15 is 0 Å². The van der Waals surface area contributed by atoms with Crippen LogP contribution in [0.4, 0.5) is 16.2 Å². The number of aryl methyl sites for hydroxylation is 2. The maximum atomic E-state index is 14.2. The van der Waals surface area contributed by atoms with Crippen molar-refractivity contribution in [2.24, 2.45) is 0 Å². The molecule has 1 N–H and O–H groups in total. The Hall–Kier alpha value is -3.51. The molecule has 1 aliphatic carbocycles. The SMILES string of the molecule is CCc1ccccc1NC(=O)N1Cc2c(sc3c2CCCC3)-n2cccc2[C@@H]1c1ccc(N(C)C)cc1. The number of hydrogen-bond donors (Lipinski definition) is 1. The van der Waals surface area contributed by atoms with Crippen molar-refractivity contribution in [1.29, 1.82) is 0 Å². The molecule has 2 aromatic heterocycles. The first-order valence-electron chi connectivity index (χ1n) is 13.3. The standard InChI is InChI=1S/C31H34N4OS/c1-4-21-10-5-7-12-26(21)32-31(36)35-20-25-24-11-6-8-14-28(24)37-30(25)34-19-9-13-27(34)29(35)22-15-17-23(18-16-22)33(2)3/h5,7,9-10,12-13,15-19,29H,4,6,8,11,14,20H2,1-3H3,(H,32,36)/t29-/m0/s1. The van der Waals surface area contributed by atoms with Crippen LogP contribution in [0.2, 0.25) is 0 Å². The average Bonchev–Trinajstić information content (AvgIpc) is 3.51. The number of nitrogens with one attached hydrogen (secondary N) is 1. The highest BCUT2D eigenvalue weighted by Gasteiger charge is 2.36. The van der Waals surface area contributed by atoms with Crippen LogP contribution in [-0.4, -0.2) is 29.6 Å². The third kappa shape index (κ3) is 4.23. The number of carbonyl (C=O) groups excluding carboxylic acids is 1. The van der Waals surface area contributed by atoms with E-state index < -0.39 is 0 Å². The zero-order valence-corrected chi connectivity index (χ0v) is 22.6. The van der Waals surface area contributed by atoms with Gasteiger partial charge < -0.3 is 19.7 Å². The van der Waals surface area contributed by atoms with Crippen LogP contribution in [0.15, 0.2) is 66.9 Å². The maximum Gasteiger partial charge on any atom is 0.322 e. The normalized spacial score (nSPS) is 16.4. The Kier molecular flexibility index (Phi) is 6.29. The number of hydrogen-bond acceptors (Lipinski definition) is 3. The van der Waals surface area contributed by atoms with Crippen molar-refractivity contribution in [3.63, 3.8) is 0 Å². The van der Waals surface area contributed by atoms with Gasteiger partial charge in [0.05, 0.1) is 18.3 Å². The summed E-state index contributed by atoms with van der Waals surface area (Å²) in [6.07, 6.45) is 7.77. The van der Waals surface area contributed by atoms with Crippen LogP contribution in [0, 0.1) is 0 Å². The number of carbonyl (C=O) groups is 1. The molecular formula is C31H34N4OS. The highest BCUT2D eigenvalue weighted by Crippen LogP contribution is 2.44. The number of thiophene rings is 1. The minimum Gasteiger partial charge on any atom is -0.378 e. The molecule has 2 aromatic carbocycles. The Morgan fingerprint density at radius 1 is 1.00 bits per heavy atom. The summed E-state index contributed by atoms with van der Waals surface area (Å²) in [6, 6.07) is 20.8. The predicted molar refractivity (Wildman–Crippen MR) is 153 cm³/mol. The van der Waals surface area contributed by atoms with Crippen LogP contribution in [0.25, 0.3) is 5.00 Å². The maximum absolute atomic E-state index is 14.2. The molecule has 190 valence electrons. The van der Waals surface area contributed by atoms with Crippen molar-refractivity contribution < 1.29 is 4.79 Å². The summed E-state index contributed by atoms with van der Waals surface area (Å²) < 4.78 is 2.34. The summed E-state index contributed by atoms with van der Waals surface area (Å²) in [5, 5.41) is 4.57. The van der Waals surface area contributed by atoms with E-state index in [1.165, 1.54) is 33.8 Å². The minimum absolute atomic E-state index is 0.0565. The molecule has 3 heterocycles. The Bertz CT molecular complexity index is 1430. The van der Waals surface area contributed by atoms with Gasteiger partial charge in [0, 0.05) is 42.1 Å². The first-order chi connectivity index (χ1) is 18.0. The first kappa shape index (κ1) is 23.9. The number of urea groups is 1. The average molecular weight is 511 g/mol. The Labute approximate surface area is 223 Å². The second kappa shape index (κ2) is 9.75. The number of aromatic nitrogens is 1. The van der Waals surface area contributed by atoms with E-state index in [0.29, 0.717) is 6.54 Å². The van der Waals surface area contributed by atoms with E-state index in [1.807, 2.05) is 29.5 Å². The zero-order valence-electron chi connectivity index (χ0n) is 21.8. The summed E-state index contributed by atoms with van der Waals surface area (Å²) in [6.45, 7) is 2.73. The van der Waals surface area contributed by atoms with Crippen LogP contribution in [-0.2, 0) is 25.8 Å². The molecule has 37 heavy (non-hydrogen) atoms. The van der Waals surface area contributed by atoms with Gasteiger partial charge in [0.15, 0.2) is 0 Å². The molecule has 0 fully saturated rings. The van der Waals surface area contributed by atoms with E-state index in [-0.39, 0.29) is 12.1 Å². The van der Waals surface area contributed by atoms with Gasteiger partial charge in [-0.2, -0.15) is 0 Å². The summed E-state index contributed by atoms with van der Waals surface area (Å²) in [4.78, 5) is 19.8. The quantitative estimate of drug-likeness (QED) is 0.316. The molecule has 6 heteroatoms. The molecule has 1 aliphatic heterocycles. The van der Waals surface area contributed by atoms with Crippen molar-refractivity contribution in [3.05, 3.63) is 99.7 Å². The highest BCUT2D eigenvalue weighted by atomic mass is 32.1. The van der Waals surface area contributed by atoms with Crippen LogP contribution < -0.4 is 10.2 Å². The lowest BCUT2D eigenvalue weighted by Gasteiger charge is -2.32. The lowest BCUT2D eigenvalue weighted by Crippen LogP contribution is -2.38. The van der Waals surface area contributed by atoms with Gasteiger partial charge in [-0.15, -0.1) is 11.3 Å². The van der Waals surface area contributed by atoms with E-state index in [9.17, 15) is 4.79 Å². The summed E-state index contributed by atoms with van der Waals surface area (Å²) >= 11 is 1.92. The van der Waals surface area contributed by atoms with E-state index in [2.05, 4.69) is 89.4 Å². The van der Waals surface area contributed by atoms with E-state index in [0.717, 1.165) is 47.5 Å². The zero-order chi connectivity index (χ0) is 25.5. The summed E-state index contributed by atoms with van der Waals surface area (Å²) in [7, 11) is 4.11. The molecule has 2 amide bonds. The Balaban J connectivity index is 1.48. The fourth-order valence-electron chi connectivity index (χ4n) is 5.83.